The third-order valence-corrected chi connectivity index (χ3v) is 2.88. The van der Waals surface area contributed by atoms with Crippen LogP contribution in [0, 0.1) is 0 Å². The van der Waals surface area contributed by atoms with Gasteiger partial charge in [-0.05, 0) is 19.1 Å². The standard InChI is InChI=1S/C11H18N2O2/c1-9-6-13(10(8-14)5-12-9)7-11-3-2-4-15-11/h2-4,9-10,12,14H,5-8H2,1H3. The molecule has 1 aliphatic rings. The number of furan rings is 1. The zero-order valence-corrected chi connectivity index (χ0v) is 9.02. The second kappa shape index (κ2) is 4.79. The molecule has 0 bridgehead atoms. The molecule has 0 saturated carbocycles. The number of hydrogen-bond donors (Lipinski definition) is 2. The Labute approximate surface area is 89.9 Å². The average Bonchev–Trinajstić information content (AvgIpc) is 2.71. The fourth-order valence-electron chi connectivity index (χ4n) is 2.01. The van der Waals surface area contributed by atoms with Crippen LogP contribution in [0.25, 0.3) is 0 Å². The van der Waals surface area contributed by atoms with Crippen LogP contribution in [0.3, 0.4) is 0 Å². The summed E-state index contributed by atoms with van der Waals surface area (Å²) in [6, 6.07) is 4.55. The van der Waals surface area contributed by atoms with Crippen LogP contribution in [-0.2, 0) is 6.54 Å². The average molecular weight is 210 g/mol. The summed E-state index contributed by atoms with van der Waals surface area (Å²) >= 11 is 0. The van der Waals surface area contributed by atoms with Crippen LogP contribution < -0.4 is 5.32 Å². The summed E-state index contributed by atoms with van der Waals surface area (Å²) in [4.78, 5) is 2.26. The van der Waals surface area contributed by atoms with Crippen molar-refractivity contribution in [3.8, 4) is 0 Å². The number of nitrogens with one attached hydrogen (secondary N) is 1. The molecule has 2 unspecified atom stereocenters. The lowest BCUT2D eigenvalue weighted by molar-refractivity contribution is 0.0725. The highest BCUT2D eigenvalue weighted by Gasteiger charge is 2.25. The number of aliphatic hydroxyl groups excluding tert-OH is 1. The largest absolute Gasteiger partial charge is 0.468 e. The summed E-state index contributed by atoms with van der Waals surface area (Å²) < 4.78 is 5.32. The molecule has 1 aliphatic heterocycles. The van der Waals surface area contributed by atoms with Gasteiger partial charge in [-0.2, -0.15) is 0 Å². The van der Waals surface area contributed by atoms with E-state index in [0.717, 1.165) is 25.4 Å². The maximum Gasteiger partial charge on any atom is 0.117 e. The van der Waals surface area contributed by atoms with Gasteiger partial charge in [-0.3, -0.25) is 4.90 Å². The van der Waals surface area contributed by atoms with Crippen molar-refractivity contribution in [1.29, 1.82) is 0 Å². The van der Waals surface area contributed by atoms with E-state index >= 15 is 0 Å². The van der Waals surface area contributed by atoms with Crippen LogP contribution in [-0.4, -0.2) is 41.8 Å². The highest BCUT2D eigenvalue weighted by molar-refractivity contribution is 4.99. The van der Waals surface area contributed by atoms with E-state index in [9.17, 15) is 5.11 Å². The van der Waals surface area contributed by atoms with Crippen LogP contribution in [0.15, 0.2) is 22.8 Å². The summed E-state index contributed by atoms with van der Waals surface area (Å²) in [7, 11) is 0. The van der Waals surface area contributed by atoms with E-state index in [4.69, 9.17) is 4.42 Å². The van der Waals surface area contributed by atoms with E-state index in [-0.39, 0.29) is 12.6 Å². The monoisotopic (exact) mass is 210 g/mol. The highest BCUT2D eigenvalue weighted by atomic mass is 16.3. The van der Waals surface area contributed by atoms with Crippen molar-refractivity contribution >= 4 is 0 Å². The lowest BCUT2D eigenvalue weighted by atomic mass is 10.1. The van der Waals surface area contributed by atoms with Crippen molar-refractivity contribution in [3.05, 3.63) is 24.2 Å². The molecule has 0 aromatic carbocycles. The Hall–Kier alpha value is -0.840. The number of hydrogen-bond acceptors (Lipinski definition) is 4. The molecular weight excluding hydrogens is 192 g/mol. The van der Waals surface area contributed by atoms with Gasteiger partial charge in [0, 0.05) is 25.2 Å². The molecule has 2 atom stereocenters. The Morgan fingerprint density at radius 2 is 2.53 bits per heavy atom. The lowest BCUT2D eigenvalue weighted by Crippen LogP contribution is -2.56. The lowest BCUT2D eigenvalue weighted by Gasteiger charge is -2.37. The molecule has 2 rings (SSSR count). The molecule has 1 fully saturated rings. The van der Waals surface area contributed by atoms with E-state index in [1.54, 1.807) is 6.26 Å². The van der Waals surface area contributed by atoms with Gasteiger partial charge >= 0.3 is 0 Å². The van der Waals surface area contributed by atoms with Gasteiger partial charge in [0.2, 0.25) is 0 Å². The molecule has 84 valence electrons. The Balaban J connectivity index is 1.98. The predicted molar refractivity (Wildman–Crippen MR) is 57.5 cm³/mol. The molecule has 0 radical (unpaired) electrons. The third kappa shape index (κ3) is 2.59. The topological polar surface area (TPSA) is 48.6 Å². The van der Waals surface area contributed by atoms with Crippen molar-refractivity contribution in [2.24, 2.45) is 0 Å². The van der Waals surface area contributed by atoms with Gasteiger partial charge in [-0.25, -0.2) is 0 Å². The first-order valence-corrected chi connectivity index (χ1v) is 5.40. The molecule has 1 aromatic rings. The van der Waals surface area contributed by atoms with E-state index in [0.29, 0.717) is 6.04 Å². The first kappa shape index (κ1) is 10.7. The summed E-state index contributed by atoms with van der Waals surface area (Å²) in [6.07, 6.45) is 1.69. The number of piperazine rings is 1. The molecule has 4 heteroatoms. The summed E-state index contributed by atoms with van der Waals surface area (Å²) in [5.41, 5.74) is 0. The van der Waals surface area contributed by atoms with E-state index < -0.39 is 0 Å². The Morgan fingerprint density at radius 1 is 1.67 bits per heavy atom. The smallest absolute Gasteiger partial charge is 0.117 e. The van der Waals surface area contributed by atoms with E-state index in [1.807, 2.05) is 12.1 Å². The normalized spacial score (nSPS) is 28.1. The molecular formula is C11H18N2O2. The van der Waals surface area contributed by atoms with Gasteiger partial charge < -0.3 is 14.8 Å². The molecule has 15 heavy (non-hydrogen) atoms. The fourth-order valence-corrected chi connectivity index (χ4v) is 2.01. The summed E-state index contributed by atoms with van der Waals surface area (Å²) in [5.74, 6) is 0.961. The van der Waals surface area contributed by atoms with Gasteiger partial charge in [-0.15, -0.1) is 0 Å². The Morgan fingerprint density at radius 3 is 3.20 bits per heavy atom. The number of aliphatic hydroxyl groups is 1. The highest BCUT2D eigenvalue weighted by Crippen LogP contribution is 2.12. The minimum absolute atomic E-state index is 0.195. The SMILES string of the molecule is CC1CN(Cc2ccco2)C(CO)CN1. The summed E-state index contributed by atoms with van der Waals surface area (Å²) in [6.45, 7) is 4.93. The first-order valence-electron chi connectivity index (χ1n) is 5.40. The second-order valence-corrected chi connectivity index (χ2v) is 4.15. The second-order valence-electron chi connectivity index (χ2n) is 4.15. The zero-order chi connectivity index (χ0) is 10.7. The molecule has 0 spiro atoms. The molecule has 2 heterocycles. The molecule has 1 saturated heterocycles. The van der Waals surface area contributed by atoms with Crippen molar-refractivity contribution in [1.82, 2.24) is 10.2 Å². The quantitative estimate of drug-likeness (QED) is 0.760. The van der Waals surface area contributed by atoms with E-state index in [2.05, 4.69) is 17.1 Å². The molecule has 4 nitrogen and oxygen atoms in total. The van der Waals surface area contributed by atoms with Gasteiger partial charge in [0.1, 0.15) is 5.76 Å². The van der Waals surface area contributed by atoms with Gasteiger partial charge in [0.15, 0.2) is 0 Å². The fraction of sp³-hybridized carbons (Fsp3) is 0.636. The van der Waals surface area contributed by atoms with Crippen molar-refractivity contribution in [2.75, 3.05) is 19.7 Å². The predicted octanol–water partition coefficient (Wildman–Crippen LogP) is 0.434. The van der Waals surface area contributed by atoms with Gasteiger partial charge in [0.25, 0.3) is 0 Å². The Bertz CT molecular complexity index is 287. The van der Waals surface area contributed by atoms with Crippen LogP contribution in [0.2, 0.25) is 0 Å². The van der Waals surface area contributed by atoms with E-state index in [1.165, 1.54) is 0 Å². The molecule has 2 N–H and O–H groups in total. The maximum atomic E-state index is 9.26. The minimum Gasteiger partial charge on any atom is -0.468 e. The zero-order valence-electron chi connectivity index (χ0n) is 9.02. The van der Waals surface area contributed by atoms with Crippen molar-refractivity contribution < 1.29 is 9.52 Å². The maximum absolute atomic E-state index is 9.26. The number of rotatable bonds is 3. The third-order valence-electron chi connectivity index (χ3n) is 2.88. The van der Waals surface area contributed by atoms with Gasteiger partial charge in [-0.1, -0.05) is 0 Å². The van der Waals surface area contributed by atoms with Gasteiger partial charge in [0.05, 0.1) is 19.4 Å². The Kier molecular flexibility index (Phi) is 3.41. The molecule has 1 aromatic heterocycles. The van der Waals surface area contributed by atoms with Crippen LogP contribution in [0.4, 0.5) is 0 Å². The molecule has 0 amide bonds. The number of nitrogens with zero attached hydrogens (tertiary/aromatic N) is 1. The van der Waals surface area contributed by atoms with Crippen LogP contribution in [0.5, 0.6) is 0 Å². The minimum atomic E-state index is 0.195. The van der Waals surface area contributed by atoms with Crippen molar-refractivity contribution in [3.63, 3.8) is 0 Å². The molecule has 0 aliphatic carbocycles. The first-order chi connectivity index (χ1) is 7.29. The van der Waals surface area contributed by atoms with Crippen LogP contribution in [0.1, 0.15) is 12.7 Å². The summed E-state index contributed by atoms with van der Waals surface area (Å²) in [5, 5.41) is 12.6. The van der Waals surface area contributed by atoms with Crippen LogP contribution >= 0.6 is 0 Å². The van der Waals surface area contributed by atoms with Crippen molar-refractivity contribution in [2.45, 2.75) is 25.6 Å².